The van der Waals surface area contributed by atoms with E-state index in [1.807, 2.05) is 39.0 Å². The first-order valence-electron chi connectivity index (χ1n) is 15.3. The van der Waals surface area contributed by atoms with Gasteiger partial charge in [0.2, 0.25) is 11.9 Å². The molecule has 0 unspecified atom stereocenters. The van der Waals surface area contributed by atoms with E-state index in [-0.39, 0.29) is 0 Å². The van der Waals surface area contributed by atoms with Gasteiger partial charge in [0.15, 0.2) is 5.65 Å². The minimum Gasteiger partial charge on any atom is -0.465 e. The van der Waals surface area contributed by atoms with E-state index < -0.39 is 19.7 Å². The van der Waals surface area contributed by atoms with Gasteiger partial charge in [0.25, 0.3) is 0 Å². The number of carboxylic acid groups (broad SMARTS) is 1. The molecule has 244 valence electrons. The highest BCUT2D eigenvalue weighted by atomic mass is 79.9. The number of para-hydroxylation sites is 1. The third kappa shape index (κ3) is 7.94. The number of halogens is 1. The van der Waals surface area contributed by atoms with Gasteiger partial charge in [-0.1, -0.05) is 31.8 Å². The highest BCUT2D eigenvalue weighted by Gasteiger charge is 2.26. The van der Waals surface area contributed by atoms with Gasteiger partial charge in [-0.2, -0.15) is 19.6 Å². The number of hydrogen-bond donors (Lipinski definition) is 2. The Morgan fingerprint density at radius 1 is 1.18 bits per heavy atom. The zero-order chi connectivity index (χ0) is 32.4. The number of hydrogen-bond acceptors (Lipinski definition) is 9. The summed E-state index contributed by atoms with van der Waals surface area (Å²) >= 11 is 3.58. The lowest BCUT2D eigenvalue weighted by atomic mass is 10.0. The van der Waals surface area contributed by atoms with E-state index >= 15 is 0 Å². The lowest BCUT2D eigenvalue weighted by Crippen LogP contribution is -2.45. The number of amides is 1. The minimum atomic E-state index is -1.28. The number of carbonyl (C=O) groups is 1. The molecule has 3 aromatic heterocycles. The molecule has 45 heavy (non-hydrogen) atoms. The second-order valence-electron chi connectivity index (χ2n) is 13.5. The number of rotatable bonds is 12. The van der Waals surface area contributed by atoms with Crippen LogP contribution in [0.3, 0.4) is 0 Å². The van der Waals surface area contributed by atoms with Gasteiger partial charge >= 0.3 is 6.09 Å². The Morgan fingerprint density at radius 2 is 1.93 bits per heavy atom. The number of ether oxygens (including phenoxy) is 2. The smallest absolute Gasteiger partial charge is 0.407 e. The van der Waals surface area contributed by atoms with Crippen LogP contribution >= 0.6 is 15.9 Å². The maximum atomic E-state index is 12.1. The second kappa shape index (κ2) is 13.6. The molecular weight excluding hydrogens is 658 g/mol. The monoisotopic (exact) mass is 701 g/mol. The fourth-order valence-corrected chi connectivity index (χ4v) is 6.39. The van der Waals surface area contributed by atoms with Crippen LogP contribution in [0.5, 0.6) is 0 Å². The molecule has 15 heteroatoms. The predicted octanol–water partition coefficient (Wildman–Crippen LogP) is 5.32. The van der Waals surface area contributed by atoms with Gasteiger partial charge in [-0.05, 0) is 60.8 Å². The summed E-state index contributed by atoms with van der Waals surface area (Å²) in [6.45, 7) is 17.1. The van der Waals surface area contributed by atoms with Crippen LogP contribution in [-0.2, 0) is 29.2 Å². The molecule has 4 heterocycles. The predicted molar refractivity (Wildman–Crippen MR) is 181 cm³/mol. The molecule has 1 aliphatic rings. The molecule has 2 N–H and O–H groups in total. The topological polar surface area (TPSA) is 135 Å². The number of benzene rings is 1. The van der Waals surface area contributed by atoms with E-state index in [9.17, 15) is 9.90 Å². The molecule has 0 atom stereocenters. The number of fused-ring (bicyclic) bond motifs is 2. The fraction of sp³-hybridized carbons (Fsp3) is 0.567. The van der Waals surface area contributed by atoms with Crippen molar-refractivity contribution in [3.8, 4) is 0 Å². The van der Waals surface area contributed by atoms with Crippen molar-refractivity contribution in [3.05, 3.63) is 40.3 Å². The number of anilines is 2. The second-order valence-corrected chi connectivity index (χ2v) is 19.9. The largest absolute Gasteiger partial charge is 0.465 e. The summed E-state index contributed by atoms with van der Waals surface area (Å²) in [5, 5.41) is 17.8. The SMILES string of the molecule is CC(C)(C)N(CCc1cccc2nc(CNc3nc(N4CCOCC4)nc4c(Br)cnn34)n(COCC[Si](C)(C)C)c12)C(=O)O. The van der Waals surface area contributed by atoms with Gasteiger partial charge in [0.1, 0.15) is 12.6 Å². The molecule has 13 nitrogen and oxygen atoms in total. The Morgan fingerprint density at radius 3 is 2.62 bits per heavy atom. The van der Waals surface area contributed by atoms with Crippen LogP contribution in [0.1, 0.15) is 32.2 Å². The number of nitrogens with zero attached hydrogens (tertiary/aromatic N) is 8. The lowest BCUT2D eigenvalue weighted by molar-refractivity contribution is 0.0877. The Kier molecular flexibility index (Phi) is 10.0. The van der Waals surface area contributed by atoms with Crippen LogP contribution in [0.25, 0.3) is 16.7 Å². The molecule has 1 aliphatic heterocycles. The van der Waals surface area contributed by atoms with E-state index in [1.165, 1.54) is 4.90 Å². The van der Waals surface area contributed by atoms with Crippen molar-refractivity contribution in [1.82, 2.24) is 34.0 Å². The van der Waals surface area contributed by atoms with Crippen LogP contribution in [-0.4, -0.2) is 98.3 Å². The summed E-state index contributed by atoms with van der Waals surface area (Å²) in [6, 6.07) is 7.07. The molecule has 4 aromatic rings. The maximum Gasteiger partial charge on any atom is 0.407 e. The highest BCUT2D eigenvalue weighted by molar-refractivity contribution is 9.10. The Balaban J connectivity index is 1.47. The van der Waals surface area contributed by atoms with E-state index in [4.69, 9.17) is 24.4 Å². The molecular formula is C30H44BrN9O4Si. The summed E-state index contributed by atoms with van der Waals surface area (Å²) in [6.07, 6.45) is 1.33. The first kappa shape index (κ1) is 33.1. The number of imidazole rings is 1. The summed E-state index contributed by atoms with van der Waals surface area (Å²) < 4.78 is 16.4. The quantitative estimate of drug-likeness (QED) is 0.148. The Labute approximate surface area is 273 Å². The van der Waals surface area contributed by atoms with Gasteiger partial charge in [-0.15, -0.1) is 0 Å². The van der Waals surface area contributed by atoms with Crippen LogP contribution in [0.2, 0.25) is 25.7 Å². The van der Waals surface area contributed by atoms with Gasteiger partial charge in [-0.25, -0.2) is 9.78 Å². The summed E-state index contributed by atoms with van der Waals surface area (Å²) in [7, 11) is -1.28. The van der Waals surface area contributed by atoms with Crippen molar-refractivity contribution in [2.75, 3.05) is 49.7 Å². The zero-order valence-electron chi connectivity index (χ0n) is 27.0. The number of aromatic nitrogens is 6. The Bertz CT molecular complexity index is 1640. The van der Waals surface area contributed by atoms with E-state index in [2.05, 4.69) is 55.5 Å². The molecule has 1 fully saturated rings. The van der Waals surface area contributed by atoms with Crippen molar-refractivity contribution >= 4 is 58.7 Å². The molecule has 1 aromatic carbocycles. The lowest BCUT2D eigenvalue weighted by Gasteiger charge is -2.33. The van der Waals surface area contributed by atoms with Crippen molar-refractivity contribution < 1.29 is 19.4 Å². The number of nitrogens with one attached hydrogen (secondary N) is 1. The van der Waals surface area contributed by atoms with Crippen LogP contribution < -0.4 is 10.2 Å². The van der Waals surface area contributed by atoms with E-state index in [0.29, 0.717) is 76.7 Å². The van der Waals surface area contributed by atoms with Crippen molar-refractivity contribution in [1.29, 1.82) is 0 Å². The molecule has 0 bridgehead atoms. The average Bonchev–Trinajstić information content (AvgIpc) is 3.53. The summed E-state index contributed by atoms with van der Waals surface area (Å²) in [5.74, 6) is 1.94. The van der Waals surface area contributed by atoms with Gasteiger partial charge in [-0.3, -0.25) is 0 Å². The van der Waals surface area contributed by atoms with Gasteiger partial charge < -0.3 is 34.3 Å². The average molecular weight is 703 g/mol. The van der Waals surface area contributed by atoms with Crippen molar-refractivity contribution in [2.45, 2.75) is 71.7 Å². The third-order valence-electron chi connectivity index (χ3n) is 7.80. The van der Waals surface area contributed by atoms with E-state index in [1.54, 1.807) is 10.7 Å². The molecule has 0 radical (unpaired) electrons. The molecule has 1 amide bonds. The third-order valence-corrected chi connectivity index (χ3v) is 10.1. The van der Waals surface area contributed by atoms with Crippen LogP contribution in [0, 0.1) is 0 Å². The minimum absolute atomic E-state index is 0.336. The molecule has 0 aliphatic carbocycles. The first-order chi connectivity index (χ1) is 21.3. The maximum absolute atomic E-state index is 12.1. The molecule has 1 saturated heterocycles. The molecule has 0 saturated carbocycles. The molecule has 0 spiro atoms. The normalized spacial score (nSPS) is 14.4. The van der Waals surface area contributed by atoms with Crippen molar-refractivity contribution in [2.24, 2.45) is 0 Å². The van der Waals surface area contributed by atoms with Crippen molar-refractivity contribution in [3.63, 3.8) is 0 Å². The fourth-order valence-electron chi connectivity index (χ4n) is 5.29. The Hall–Kier alpha value is -3.27. The highest BCUT2D eigenvalue weighted by Crippen LogP contribution is 2.26. The molecule has 5 rings (SSSR count). The number of morpholine rings is 1. The zero-order valence-corrected chi connectivity index (χ0v) is 29.6. The van der Waals surface area contributed by atoms with Crippen LogP contribution in [0.4, 0.5) is 16.7 Å². The first-order valence-corrected chi connectivity index (χ1v) is 19.8. The summed E-state index contributed by atoms with van der Waals surface area (Å²) in [5.41, 5.74) is 2.95. The standard InChI is InChI=1S/C30H44BrN9O4Si/c1-30(2,3)39(29(41)42)11-10-21-8-7-9-23-25(21)38(20-44-16-17-45(4,5)6)24(34-23)19-32-27-36-28(37-12-14-43-15-13-37)35-26-22(31)18-33-40(26)27/h7-9,18H,10-17,19-20H2,1-6H3,(H,41,42)(H,32,35,36). The van der Waals surface area contributed by atoms with Gasteiger partial charge in [0, 0.05) is 39.9 Å². The van der Waals surface area contributed by atoms with Gasteiger partial charge in [0.05, 0.1) is 41.5 Å². The summed E-state index contributed by atoms with van der Waals surface area (Å²) in [4.78, 5) is 30.3. The van der Waals surface area contributed by atoms with Crippen LogP contribution in [0.15, 0.2) is 28.9 Å². The van der Waals surface area contributed by atoms with E-state index in [0.717, 1.165) is 32.9 Å².